The molecule has 1 aromatic carbocycles. The molecule has 0 heterocycles. The zero-order valence-electron chi connectivity index (χ0n) is 11.0. The van der Waals surface area contributed by atoms with Crippen LogP contribution < -0.4 is 5.32 Å². The molecule has 0 radical (unpaired) electrons. The van der Waals surface area contributed by atoms with Crippen molar-refractivity contribution in [2.45, 2.75) is 52.1 Å². The summed E-state index contributed by atoms with van der Waals surface area (Å²) < 4.78 is 0. The van der Waals surface area contributed by atoms with E-state index in [1.165, 1.54) is 19.3 Å². The van der Waals surface area contributed by atoms with E-state index in [1.807, 2.05) is 18.2 Å². The summed E-state index contributed by atoms with van der Waals surface area (Å²) in [5, 5.41) is 13.5. The molecule has 0 spiro atoms. The van der Waals surface area contributed by atoms with E-state index < -0.39 is 0 Å². The van der Waals surface area contributed by atoms with Gasteiger partial charge >= 0.3 is 0 Å². The Morgan fingerprint density at radius 2 is 2.06 bits per heavy atom. The van der Waals surface area contributed by atoms with Crippen molar-refractivity contribution in [2.24, 2.45) is 5.41 Å². The molecule has 2 N–H and O–H groups in total. The van der Waals surface area contributed by atoms with Crippen molar-refractivity contribution in [2.75, 3.05) is 0 Å². The molecule has 1 fully saturated rings. The average Bonchev–Trinajstić information content (AvgIpc) is 2.59. The minimum atomic E-state index is 0.207. The molecule has 2 rings (SSSR count). The van der Waals surface area contributed by atoms with Crippen LogP contribution in [0.15, 0.2) is 24.3 Å². The molecule has 0 saturated heterocycles. The standard InChI is InChI=1S/C15H23NO/c1-11(12-7-4-5-8-13(12)17)16-14-9-6-10-15(14,2)3/h4-5,7-8,11,14,16-17H,6,9-10H2,1-3H3. The summed E-state index contributed by atoms with van der Waals surface area (Å²) in [6.45, 7) is 6.79. The molecule has 1 aliphatic carbocycles. The summed E-state index contributed by atoms with van der Waals surface area (Å²) in [5.41, 5.74) is 1.37. The summed E-state index contributed by atoms with van der Waals surface area (Å²) in [6, 6.07) is 8.36. The quantitative estimate of drug-likeness (QED) is 0.835. The highest BCUT2D eigenvalue weighted by molar-refractivity contribution is 5.34. The van der Waals surface area contributed by atoms with Gasteiger partial charge in [0.2, 0.25) is 0 Å². The van der Waals surface area contributed by atoms with E-state index in [0.717, 1.165) is 5.56 Å². The first kappa shape index (κ1) is 12.4. The van der Waals surface area contributed by atoms with Crippen molar-refractivity contribution in [3.8, 4) is 5.75 Å². The Hall–Kier alpha value is -1.02. The van der Waals surface area contributed by atoms with Crippen LogP contribution in [0.2, 0.25) is 0 Å². The van der Waals surface area contributed by atoms with Gasteiger partial charge in [0.15, 0.2) is 0 Å². The monoisotopic (exact) mass is 233 g/mol. The SMILES string of the molecule is CC(NC1CCCC1(C)C)c1ccccc1O. The highest BCUT2D eigenvalue weighted by atomic mass is 16.3. The van der Waals surface area contributed by atoms with Crippen LogP contribution >= 0.6 is 0 Å². The van der Waals surface area contributed by atoms with Gasteiger partial charge in [-0.25, -0.2) is 0 Å². The molecule has 2 unspecified atom stereocenters. The van der Waals surface area contributed by atoms with E-state index in [9.17, 15) is 5.11 Å². The van der Waals surface area contributed by atoms with Gasteiger partial charge in [-0.05, 0) is 31.2 Å². The molecular weight excluding hydrogens is 210 g/mol. The van der Waals surface area contributed by atoms with Crippen LogP contribution in [0.5, 0.6) is 5.75 Å². The molecule has 0 amide bonds. The predicted molar refractivity (Wildman–Crippen MR) is 71.1 cm³/mol. The Morgan fingerprint density at radius 1 is 1.35 bits per heavy atom. The summed E-state index contributed by atoms with van der Waals surface area (Å²) in [5.74, 6) is 0.392. The summed E-state index contributed by atoms with van der Waals surface area (Å²) in [6.07, 6.45) is 3.83. The number of hydrogen-bond acceptors (Lipinski definition) is 2. The Morgan fingerprint density at radius 3 is 2.65 bits per heavy atom. The lowest BCUT2D eigenvalue weighted by Crippen LogP contribution is -2.39. The van der Waals surface area contributed by atoms with Crippen molar-refractivity contribution in [1.29, 1.82) is 0 Å². The number of aromatic hydroxyl groups is 1. The number of phenols is 1. The average molecular weight is 233 g/mol. The number of nitrogens with one attached hydrogen (secondary N) is 1. The van der Waals surface area contributed by atoms with Gasteiger partial charge in [0.1, 0.15) is 5.75 Å². The van der Waals surface area contributed by atoms with Crippen molar-refractivity contribution in [1.82, 2.24) is 5.32 Å². The van der Waals surface area contributed by atoms with Crippen LogP contribution in [0.3, 0.4) is 0 Å². The fourth-order valence-corrected chi connectivity index (χ4v) is 2.88. The summed E-state index contributed by atoms with van der Waals surface area (Å²) in [4.78, 5) is 0. The molecule has 2 nitrogen and oxygen atoms in total. The number of para-hydroxylation sites is 1. The zero-order chi connectivity index (χ0) is 12.5. The van der Waals surface area contributed by atoms with Gasteiger partial charge in [0.25, 0.3) is 0 Å². The maximum atomic E-state index is 9.84. The minimum Gasteiger partial charge on any atom is -0.508 e. The van der Waals surface area contributed by atoms with Crippen molar-refractivity contribution < 1.29 is 5.11 Å². The minimum absolute atomic E-state index is 0.207. The Bertz CT molecular complexity index is 386. The maximum absolute atomic E-state index is 9.84. The molecule has 1 saturated carbocycles. The zero-order valence-corrected chi connectivity index (χ0v) is 11.0. The number of benzene rings is 1. The fourth-order valence-electron chi connectivity index (χ4n) is 2.88. The van der Waals surface area contributed by atoms with Crippen molar-refractivity contribution >= 4 is 0 Å². The molecule has 1 aliphatic rings. The highest BCUT2D eigenvalue weighted by Crippen LogP contribution is 2.38. The van der Waals surface area contributed by atoms with Crippen molar-refractivity contribution in [3.63, 3.8) is 0 Å². The van der Waals surface area contributed by atoms with Crippen LogP contribution in [-0.2, 0) is 0 Å². The van der Waals surface area contributed by atoms with Crippen LogP contribution in [0.25, 0.3) is 0 Å². The predicted octanol–water partition coefficient (Wildman–Crippen LogP) is 3.62. The topological polar surface area (TPSA) is 32.3 Å². The van der Waals surface area contributed by atoms with Gasteiger partial charge in [-0.1, -0.05) is 38.5 Å². The van der Waals surface area contributed by atoms with Gasteiger partial charge in [-0.2, -0.15) is 0 Å². The van der Waals surface area contributed by atoms with Gasteiger partial charge in [-0.15, -0.1) is 0 Å². The Kier molecular flexibility index (Phi) is 3.43. The van der Waals surface area contributed by atoms with E-state index in [2.05, 4.69) is 26.1 Å². The largest absolute Gasteiger partial charge is 0.508 e. The second-order valence-corrected chi connectivity index (χ2v) is 5.88. The van der Waals surface area contributed by atoms with Gasteiger partial charge < -0.3 is 10.4 Å². The number of phenolic OH excluding ortho intramolecular Hbond substituents is 1. The van der Waals surface area contributed by atoms with Gasteiger partial charge in [0.05, 0.1) is 0 Å². The number of rotatable bonds is 3. The molecule has 0 aliphatic heterocycles. The third kappa shape index (κ3) is 2.63. The molecule has 94 valence electrons. The molecule has 2 heteroatoms. The van der Waals surface area contributed by atoms with Crippen LogP contribution in [-0.4, -0.2) is 11.1 Å². The lowest BCUT2D eigenvalue weighted by Gasteiger charge is -2.31. The molecular formula is C15H23NO. The normalized spacial score (nSPS) is 24.8. The Labute approximate surface area is 104 Å². The van der Waals surface area contributed by atoms with E-state index in [0.29, 0.717) is 17.2 Å². The first-order chi connectivity index (χ1) is 8.00. The summed E-state index contributed by atoms with van der Waals surface area (Å²) >= 11 is 0. The van der Waals surface area contributed by atoms with E-state index in [4.69, 9.17) is 0 Å². The smallest absolute Gasteiger partial charge is 0.120 e. The fraction of sp³-hybridized carbons (Fsp3) is 0.600. The lowest BCUT2D eigenvalue weighted by molar-refractivity contribution is 0.265. The van der Waals surface area contributed by atoms with E-state index in [-0.39, 0.29) is 6.04 Å². The number of hydrogen-bond donors (Lipinski definition) is 2. The van der Waals surface area contributed by atoms with Gasteiger partial charge in [0, 0.05) is 17.6 Å². The first-order valence-corrected chi connectivity index (χ1v) is 6.54. The molecule has 2 atom stereocenters. The van der Waals surface area contributed by atoms with Crippen LogP contribution in [0, 0.1) is 5.41 Å². The van der Waals surface area contributed by atoms with Gasteiger partial charge in [-0.3, -0.25) is 0 Å². The Balaban J connectivity index is 2.07. The molecule has 0 bridgehead atoms. The van der Waals surface area contributed by atoms with Crippen LogP contribution in [0.1, 0.15) is 51.6 Å². The third-order valence-electron chi connectivity index (χ3n) is 4.11. The lowest BCUT2D eigenvalue weighted by atomic mass is 9.86. The van der Waals surface area contributed by atoms with E-state index >= 15 is 0 Å². The molecule has 17 heavy (non-hydrogen) atoms. The first-order valence-electron chi connectivity index (χ1n) is 6.54. The third-order valence-corrected chi connectivity index (χ3v) is 4.11. The van der Waals surface area contributed by atoms with Crippen LogP contribution in [0.4, 0.5) is 0 Å². The second kappa shape index (κ2) is 4.69. The summed E-state index contributed by atoms with van der Waals surface area (Å²) in [7, 11) is 0. The highest BCUT2D eigenvalue weighted by Gasteiger charge is 2.35. The molecule has 0 aromatic heterocycles. The molecule has 1 aromatic rings. The maximum Gasteiger partial charge on any atom is 0.120 e. The van der Waals surface area contributed by atoms with Crippen molar-refractivity contribution in [3.05, 3.63) is 29.8 Å². The second-order valence-electron chi connectivity index (χ2n) is 5.88. The van der Waals surface area contributed by atoms with E-state index in [1.54, 1.807) is 6.07 Å².